The third-order valence-corrected chi connectivity index (χ3v) is 16.1. The molecule has 0 saturated carbocycles. The molecule has 12 rings (SSSR count). The second-order valence-electron chi connectivity index (χ2n) is 21.7. The van der Waals surface area contributed by atoms with Crippen molar-refractivity contribution in [1.29, 1.82) is 10.5 Å². The minimum absolute atomic E-state index is 0.0409. The van der Waals surface area contributed by atoms with Gasteiger partial charge in [-0.05, 0) is 193 Å². The SMILES string of the molecule is Cc1ccc(-c2ccc3c4ccc(-c5ccc(C)cc5C(F)(F)F)cc4n(-c4cc(C#N)cc(-n5c6cc(-c7ccc(C(F)(F)F)cc7C)ccc6c6ccc(-c7ccc(C(F)(F)F)cc7C)cc65)c4-c4ccc(C#N)cc4C)c3c2)c(C)c1. The first-order chi connectivity index (χ1) is 39.9. The molecule has 0 fully saturated rings. The van der Waals surface area contributed by atoms with Crippen LogP contribution in [0.3, 0.4) is 0 Å². The van der Waals surface area contributed by atoms with E-state index in [0.717, 1.165) is 58.0 Å². The number of aryl methyl sites for hydroxylation is 6. The Morgan fingerprint density at radius 2 is 0.679 bits per heavy atom. The average molecular weight is 1130 g/mol. The Hall–Kier alpha value is -9.85. The van der Waals surface area contributed by atoms with Crippen LogP contribution in [-0.4, -0.2) is 9.13 Å². The summed E-state index contributed by atoms with van der Waals surface area (Å²) >= 11 is 0. The van der Waals surface area contributed by atoms with Gasteiger partial charge in [-0.2, -0.15) is 50.0 Å². The van der Waals surface area contributed by atoms with Gasteiger partial charge in [0.25, 0.3) is 0 Å². The minimum Gasteiger partial charge on any atom is -0.308 e. The maximum absolute atomic E-state index is 15.1. The van der Waals surface area contributed by atoms with Crippen LogP contribution in [-0.2, 0) is 18.5 Å². The number of nitrogens with zero attached hydrogens (tertiary/aromatic N) is 4. The summed E-state index contributed by atoms with van der Waals surface area (Å²) in [7, 11) is 0. The molecule has 0 aliphatic carbocycles. The van der Waals surface area contributed by atoms with E-state index in [1.54, 1.807) is 63.2 Å². The Bertz CT molecular complexity index is 4720. The van der Waals surface area contributed by atoms with Crippen molar-refractivity contribution in [1.82, 2.24) is 9.13 Å². The molecule has 414 valence electrons. The number of hydrogen-bond acceptors (Lipinski definition) is 2. The highest BCUT2D eigenvalue weighted by atomic mass is 19.4. The van der Waals surface area contributed by atoms with E-state index in [4.69, 9.17) is 0 Å². The Kier molecular flexibility index (Phi) is 13.0. The molecule has 4 nitrogen and oxygen atoms in total. The van der Waals surface area contributed by atoms with Gasteiger partial charge in [0, 0.05) is 27.1 Å². The molecule has 2 aromatic heterocycles. The highest BCUT2D eigenvalue weighted by Crippen LogP contribution is 2.48. The molecule has 0 radical (unpaired) electrons. The van der Waals surface area contributed by atoms with Crippen LogP contribution >= 0.6 is 0 Å². The molecule has 0 unspecified atom stereocenters. The fourth-order valence-corrected chi connectivity index (χ4v) is 12.2. The predicted molar refractivity (Wildman–Crippen MR) is 315 cm³/mol. The Morgan fingerprint density at radius 1 is 0.321 bits per heavy atom. The molecule has 0 amide bonds. The zero-order valence-electron chi connectivity index (χ0n) is 45.9. The molecule has 0 N–H and O–H groups in total. The number of aromatic nitrogens is 2. The van der Waals surface area contributed by atoms with E-state index in [-0.39, 0.29) is 16.7 Å². The van der Waals surface area contributed by atoms with Gasteiger partial charge in [0.1, 0.15) is 0 Å². The van der Waals surface area contributed by atoms with Gasteiger partial charge in [-0.3, -0.25) is 0 Å². The van der Waals surface area contributed by atoms with Crippen LogP contribution in [0.15, 0.2) is 176 Å². The van der Waals surface area contributed by atoms with Crippen LogP contribution < -0.4 is 0 Å². The largest absolute Gasteiger partial charge is 0.417 e. The lowest BCUT2D eigenvalue weighted by Crippen LogP contribution is -2.08. The van der Waals surface area contributed by atoms with Crippen molar-refractivity contribution in [2.75, 3.05) is 0 Å². The van der Waals surface area contributed by atoms with Crippen molar-refractivity contribution < 1.29 is 39.5 Å². The van der Waals surface area contributed by atoms with Gasteiger partial charge in [-0.1, -0.05) is 108 Å². The maximum Gasteiger partial charge on any atom is 0.417 e. The molecular weight excluding hydrogens is 1080 g/mol. The molecule has 10 aromatic carbocycles. The highest BCUT2D eigenvalue weighted by molar-refractivity contribution is 6.14. The molecule has 13 heteroatoms. The maximum atomic E-state index is 15.1. The third kappa shape index (κ3) is 9.40. The standard InChI is InChI=1S/C71H47F9N4/c1-38-7-16-52(40(3)25-38)46-10-19-59-60-22-13-49(56-17-8-39(2)26-61(56)71(78,79)80)35-65(60)84(62(59)32-46)67-31-45(37-82)30-66(68(67)55-18-9-44(36-81)27-41(55)4)83-63-33-47(53-23-14-50(28-42(53)5)69(72,73)74)11-20-57(63)58-21-12-48(34-64(58)83)54-24-15-51(29-43(54)6)70(75,76)77/h7-35H,1-6H3. The third-order valence-electron chi connectivity index (χ3n) is 16.1. The predicted octanol–water partition coefficient (Wildman–Crippen LogP) is 20.9. The first-order valence-electron chi connectivity index (χ1n) is 26.8. The summed E-state index contributed by atoms with van der Waals surface area (Å²) in [5, 5.41) is 24.4. The van der Waals surface area contributed by atoms with Gasteiger partial charge in [0.15, 0.2) is 0 Å². The normalized spacial score (nSPS) is 12.2. The molecule has 0 spiro atoms. The lowest BCUT2D eigenvalue weighted by molar-refractivity contribution is -0.138. The van der Waals surface area contributed by atoms with Crippen LogP contribution in [0.1, 0.15) is 61.2 Å². The number of fused-ring (bicyclic) bond motifs is 6. The number of halogens is 9. The zero-order valence-corrected chi connectivity index (χ0v) is 45.9. The summed E-state index contributed by atoms with van der Waals surface area (Å²) in [6.07, 6.45) is -13.9. The molecule has 0 bridgehead atoms. The van der Waals surface area contributed by atoms with Crippen LogP contribution in [0.2, 0.25) is 0 Å². The molecule has 0 atom stereocenters. The molecule has 12 aromatic rings. The van der Waals surface area contributed by atoms with E-state index in [1.807, 2.05) is 109 Å². The van der Waals surface area contributed by atoms with Crippen molar-refractivity contribution in [2.24, 2.45) is 0 Å². The van der Waals surface area contributed by atoms with E-state index in [1.165, 1.54) is 18.2 Å². The molecule has 84 heavy (non-hydrogen) atoms. The molecule has 0 saturated heterocycles. The summed E-state index contributed by atoms with van der Waals surface area (Å²) < 4.78 is 134. The summed E-state index contributed by atoms with van der Waals surface area (Å²) in [5.41, 5.74) is 10.4. The average Bonchev–Trinajstić information content (AvgIpc) is 1.59. The van der Waals surface area contributed by atoms with Gasteiger partial charge >= 0.3 is 18.5 Å². The fourth-order valence-electron chi connectivity index (χ4n) is 12.2. The smallest absolute Gasteiger partial charge is 0.308 e. The van der Waals surface area contributed by atoms with Gasteiger partial charge in [-0.25, -0.2) is 0 Å². The first kappa shape index (κ1) is 54.7. The number of benzene rings is 10. The van der Waals surface area contributed by atoms with Crippen LogP contribution in [0, 0.1) is 64.2 Å². The van der Waals surface area contributed by atoms with Crippen molar-refractivity contribution in [2.45, 2.75) is 60.1 Å². The van der Waals surface area contributed by atoms with E-state index in [0.29, 0.717) is 111 Å². The lowest BCUT2D eigenvalue weighted by atomic mass is 9.93. The molecule has 0 aliphatic heterocycles. The molecular formula is C71H47F9N4. The van der Waals surface area contributed by atoms with Gasteiger partial charge < -0.3 is 9.13 Å². The van der Waals surface area contributed by atoms with Crippen LogP contribution in [0.25, 0.3) is 111 Å². The van der Waals surface area contributed by atoms with E-state index < -0.39 is 35.2 Å². The Labute approximate surface area is 477 Å². The number of hydrogen-bond donors (Lipinski definition) is 0. The van der Waals surface area contributed by atoms with Crippen LogP contribution in [0.5, 0.6) is 0 Å². The Morgan fingerprint density at radius 3 is 1.05 bits per heavy atom. The summed E-state index contributed by atoms with van der Waals surface area (Å²) in [4.78, 5) is 0. The monoisotopic (exact) mass is 1130 g/mol. The van der Waals surface area contributed by atoms with Crippen molar-refractivity contribution in [3.05, 3.63) is 237 Å². The Balaban J connectivity index is 1.25. The molecule has 0 aliphatic rings. The second kappa shape index (κ2) is 20.0. The van der Waals surface area contributed by atoms with Crippen molar-refractivity contribution >= 4 is 43.6 Å². The number of nitriles is 2. The lowest BCUT2D eigenvalue weighted by Gasteiger charge is -2.23. The quantitative estimate of drug-likeness (QED) is 0.149. The fraction of sp³-hybridized carbons (Fsp3) is 0.127. The van der Waals surface area contributed by atoms with Crippen LogP contribution in [0.4, 0.5) is 39.5 Å². The minimum atomic E-state index is -4.71. The summed E-state index contributed by atoms with van der Waals surface area (Å²) in [5.74, 6) is 0. The van der Waals surface area contributed by atoms with Gasteiger partial charge in [-0.15, -0.1) is 0 Å². The number of alkyl halides is 9. The first-order valence-corrected chi connectivity index (χ1v) is 26.8. The number of rotatable bonds is 7. The summed E-state index contributed by atoms with van der Waals surface area (Å²) in [6, 6.07) is 53.1. The van der Waals surface area contributed by atoms with Gasteiger partial charge in [0.05, 0.1) is 73.4 Å². The zero-order chi connectivity index (χ0) is 59.5. The summed E-state index contributed by atoms with van der Waals surface area (Å²) in [6.45, 7) is 10.7. The van der Waals surface area contributed by atoms with Crippen molar-refractivity contribution in [3.63, 3.8) is 0 Å². The highest BCUT2D eigenvalue weighted by Gasteiger charge is 2.35. The second-order valence-corrected chi connectivity index (χ2v) is 21.7. The van der Waals surface area contributed by atoms with E-state index >= 15 is 13.2 Å². The van der Waals surface area contributed by atoms with E-state index in [2.05, 4.69) is 18.2 Å². The van der Waals surface area contributed by atoms with Crippen molar-refractivity contribution in [3.8, 4) is 79.1 Å². The van der Waals surface area contributed by atoms with E-state index in [9.17, 15) is 36.9 Å². The molecule has 2 heterocycles. The van der Waals surface area contributed by atoms with Gasteiger partial charge in [0.2, 0.25) is 0 Å². The topological polar surface area (TPSA) is 57.4 Å².